The SMILES string of the molecule is CC(C)(CO[C@H](c1ccccc1)[C@@H](c1ccccc1)N1CCCC1)CO[Si](C)(C)C(C)(C)C. The van der Waals surface area contributed by atoms with E-state index in [1.165, 1.54) is 24.0 Å². The van der Waals surface area contributed by atoms with Gasteiger partial charge in [0.1, 0.15) is 6.10 Å². The molecular weight excluding hydrogens is 422 g/mol. The number of hydrogen-bond acceptors (Lipinski definition) is 3. The van der Waals surface area contributed by atoms with Crippen molar-refractivity contribution in [3.05, 3.63) is 71.8 Å². The van der Waals surface area contributed by atoms with E-state index in [4.69, 9.17) is 9.16 Å². The summed E-state index contributed by atoms with van der Waals surface area (Å²) in [5, 5.41) is 0.213. The first-order valence-corrected chi connectivity index (χ1v) is 15.5. The van der Waals surface area contributed by atoms with Crippen molar-refractivity contribution in [3.63, 3.8) is 0 Å². The van der Waals surface area contributed by atoms with E-state index in [9.17, 15) is 0 Å². The Balaban J connectivity index is 1.82. The molecule has 1 fully saturated rings. The number of ether oxygens (including phenoxy) is 1. The number of nitrogens with zero attached hydrogens (tertiary/aromatic N) is 1. The summed E-state index contributed by atoms with van der Waals surface area (Å²) in [6.45, 7) is 19.8. The molecule has 0 amide bonds. The Morgan fingerprint density at radius 3 is 1.82 bits per heavy atom. The molecule has 1 heterocycles. The quantitative estimate of drug-likeness (QED) is 0.335. The summed E-state index contributed by atoms with van der Waals surface area (Å²) < 4.78 is 13.5. The predicted octanol–water partition coefficient (Wildman–Crippen LogP) is 7.63. The van der Waals surface area contributed by atoms with E-state index in [0.29, 0.717) is 6.61 Å². The van der Waals surface area contributed by atoms with E-state index in [1.807, 2.05) is 0 Å². The van der Waals surface area contributed by atoms with Crippen LogP contribution in [0.2, 0.25) is 18.1 Å². The van der Waals surface area contributed by atoms with Crippen LogP contribution in [0.3, 0.4) is 0 Å². The highest BCUT2D eigenvalue weighted by atomic mass is 28.4. The number of benzene rings is 2. The molecule has 0 aromatic heterocycles. The molecule has 1 saturated heterocycles. The Hall–Kier alpha value is -1.46. The van der Waals surface area contributed by atoms with E-state index in [-0.39, 0.29) is 22.6 Å². The zero-order chi connectivity index (χ0) is 24.1. The summed E-state index contributed by atoms with van der Waals surface area (Å²) >= 11 is 0. The molecule has 3 rings (SSSR count). The molecule has 1 aliphatic rings. The van der Waals surface area contributed by atoms with Crippen LogP contribution in [0.4, 0.5) is 0 Å². The van der Waals surface area contributed by atoms with Gasteiger partial charge in [-0.3, -0.25) is 4.90 Å². The highest BCUT2D eigenvalue weighted by Crippen LogP contribution is 2.41. The molecule has 182 valence electrons. The molecule has 0 aliphatic carbocycles. The van der Waals surface area contributed by atoms with Crippen LogP contribution in [0.25, 0.3) is 0 Å². The van der Waals surface area contributed by atoms with E-state index < -0.39 is 8.32 Å². The van der Waals surface area contributed by atoms with Crippen molar-refractivity contribution in [2.75, 3.05) is 26.3 Å². The molecule has 3 nitrogen and oxygen atoms in total. The Morgan fingerprint density at radius 1 is 0.788 bits per heavy atom. The van der Waals surface area contributed by atoms with Crippen molar-refractivity contribution >= 4 is 8.32 Å². The summed E-state index contributed by atoms with van der Waals surface area (Å²) in [4.78, 5) is 2.62. The first-order chi connectivity index (χ1) is 15.5. The van der Waals surface area contributed by atoms with Crippen molar-refractivity contribution in [2.45, 2.75) is 77.7 Å². The first-order valence-electron chi connectivity index (χ1n) is 12.6. The van der Waals surface area contributed by atoms with Gasteiger partial charge in [-0.25, -0.2) is 0 Å². The molecule has 2 aromatic rings. The lowest BCUT2D eigenvalue weighted by molar-refractivity contribution is -0.0548. The fourth-order valence-corrected chi connectivity index (χ4v) is 5.39. The number of hydrogen-bond donors (Lipinski definition) is 0. The summed E-state index contributed by atoms with van der Waals surface area (Å²) in [6, 6.07) is 21.9. The standard InChI is InChI=1S/C29H45NO2Si/c1-28(2,3)33(6,7)32-23-29(4,5)22-31-27(25-18-12-9-13-19-25)26(30-20-14-15-21-30)24-16-10-8-11-17-24/h8-13,16-19,26-27H,14-15,20-23H2,1-7H3/t26-,27-/m1/s1. The van der Waals surface area contributed by atoms with E-state index in [1.54, 1.807) is 0 Å². The van der Waals surface area contributed by atoms with Gasteiger partial charge in [0, 0.05) is 12.0 Å². The van der Waals surface area contributed by atoms with Gasteiger partial charge in [-0.05, 0) is 55.2 Å². The van der Waals surface area contributed by atoms with Crippen LogP contribution in [0.5, 0.6) is 0 Å². The van der Waals surface area contributed by atoms with Gasteiger partial charge in [0.15, 0.2) is 8.32 Å². The third-order valence-electron chi connectivity index (χ3n) is 7.37. The fourth-order valence-electron chi connectivity index (χ4n) is 4.21. The first kappa shape index (κ1) is 26.1. The minimum Gasteiger partial charge on any atom is -0.416 e. The monoisotopic (exact) mass is 467 g/mol. The van der Waals surface area contributed by atoms with E-state index in [2.05, 4.69) is 113 Å². The zero-order valence-electron chi connectivity index (χ0n) is 21.9. The van der Waals surface area contributed by atoms with Crippen molar-refractivity contribution in [1.82, 2.24) is 4.90 Å². The molecule has 1 aliphatic heterocycles. The summed E-state index contributed by atoms with van der Waals surface area (Å²) in [7, 11) is -1.79. The van der Waals surface area contributed by atoms with Gasteiger partial charge in [-0.1, -0.05) is 95.3 Å². The number of rotatable bonds is 10. The topological polar surface area (TPSA) is 21.7 Å². The summed E-state index contributed by atoms with van der Waals surface area (Å²) in [6.07, 6.45) is 2.51. The van der Waals surface area contributed by atoms with Gasteiger partial charge in [0.05, 0.1) is 12.6 Å². The normalized spacial score (nSPS) is 17.8. The van der Waals surface area contributed by atoms with Gasteiger partial charge in [-0.15, -0.1) is 0 Å². The second kappa shape index (κ2) is 10.9. The molecule has 0 radical (unpaired) electrons. The molecular formula is C29H45NO2Si. The highest BCUT2D eigenvalue weighted by Gasteiger charge is 2.39. The lowest BCUT2D eigenvalue weighted by Gasteiger charge is -2.40. The maximum atomic E-state index is 6.87. The number of likely N-dealkylation sites (tertiary alicyclic amines) is 1. The molecule has 4 heteroatoms. The van der Waals surface area contributed by atoms with Gasteiger partial charge in [0.2, 0.25) is 0 Å². The molecule has 0 unspecified atom stereocenters. The second-order valence-corrected chi connectivity index (χ2v) is 16.8. The molecule has 0 saturated carbocycles. The third-order valence-corrected chi connectivity index (χ3v) is 11.9. The Bertz CT molecular complexity index is 839. The summed E-state index contributed by atoms with van der Waals surface area (Å²) in [5.74, 6) is 0. The molecule has 2 atom stereocenters. The molecule has 33 heavy (non-hydrogen) atoms. The van der Waals surface area contributed by atoms with E-state index in [0.717, 1.165) is 19.7 Å². The molecule has 2 aromatic carbocycles. The molecule has 0 N–H and O–H groups in total. The van der Waals surface area contributed by atoms with Crippen LogP contribution >= 0.6 is 0 Å². The van der Waals surface area contributed by atoms with Crippen molar-refractivity contribution < 1.29 is 9.16 Å². The smallest absolute Gasteiger partial charge is 0.192 e. The van der Waals surface area contributed by atoms with Crippen LogP contribution in [-0.4, -0.2) is 39.5 Å². The second-order valence-electron chi connectivity index (χ2n) is 12.0. The van der Waals surface area contributed by atoms with Crippen molar-refractivity contribution in [1.29, 1.82) is 0 Å². The van der Waals surface area contributed by atoms with Crippen molar-refractivity contribution in [2.24, 2.45) is 5.41 Å². The van der Waals surface area contributed by atoms with Gasteiger partial charge >= 0.3 is 0 Å². The van der Waals surface area contributed by atoms with Crippen LogP contribution in [0.15, 0.2) is 60.7 Å². The minimum atomic E-state index is -1.79. The predicted molar refractivity (Wildman–Crippen MR) is 142 cm³/mol. The maximum Gasteiger partial charge on any atom is 0.192 e. The average Bonchev–Trinajstić information content (AvgIpc) is 3.30. The van der Waals surface area contributed by atoms with Crippen molar-refractivity contribution in [3.8, 4) is 0 Å². The van der Waals surface area contributed by atoms with Crippen LogP contribution in [0.1, 0.15) is 70.7 Å². The lowest BCUT2D eigenvalue weighted by Crippen LogP contribution is -2.44. The van der Waals surface area contributed by atoms with E-state index >= 15 is 0 Å². The fraction of sp³-hybridized carbons (Fsp3) is 0.586. The Morgan fingerprint density at radius 2 is 1.30 bits per heavy atom. The van der Waals surface area contributed by atoms with Crippen LogP contribution < -0.4 is 0 Å². The van der Waals surface area contributed by atoms with Crippen LogP contribution in [-0.2, 0) is 9.16 Å². The lowest BCUT2D eigenvalue weighted by atomic mass is 9.92. The minimum absolute atomic E-state index is 0.0150. The van der Waals surface area contributed by atoms with Gasteiger partial charge < -0.3 is 9.16 Å². The Labute approximate surface area is 203 Å². The van der Waals surface area contributed by atoms with Gasteiger partial charge in [-0.2, -0.15) is 0 Å². The Kier molecular flexibility index (Phi) is 8.60. The average molecular weight is 468 g/mol. The van der Waals surface area contributed by atoms with Gasteiger partial charge in [0.25, 0.3) is 0 Å². The van der Waals surface area contributed by atoms with Crippen LogP contribution in [0, 0.1) is 5.41 Å². The maximum absolute atomic E-state index is 6.87. The third kappa shape index (κ3) is 7.02. The molecule has 0 bridgehead atoms. The highest BCUT2D eigenvalue weighted by molar-refractivity contribution is 6.74. The zero-order valence-corrected chi connectivity index (χ0v) is 22.9. The largest absolute Gasteiger partial charge is 0.416 e. The molecule has 0 spiro atoms. The summed E-state index contributed by atoms with van der Waals surface area (Å²) in [5.41, 5.74) is 2.53.